The van der Waals surface area contributed by atoms with Crippen molar-refractivity contribution in [2.75, 3.05) is 13.2 Å². The van der Waals surface area contributed by atoms with Crippen molar-refractivity contribution in [3.63, 3.8) is 0 Å². The van der Waals surface area contributed by atoms with E-state index in [9.17, 15) is 10.2 Å². The third kappa shape index (κ3) is 2.44. The summed E-state index contributed by atoms with van der Waals surface area (Å²) in [7, 11) is 0. The van der Waals surface area contributed by atoms with Crippen molar-refractivity contribution in [3.05, 3.63) is 0 Å². The maximum absolute atomic E-state index is 9.64. The highest BCUT2D eigenvalue weighted by molar-refractivity contribution is 4.76. The summed E-state index contributed by atoms with van der Waals surface area (Å²) < 4.78 is 5.17. The highest BCUT2D eigenvalue weighted by Gasteiger charge is 2.26. The molecule has 3 nitrogen and oxygen atoms in total. The number of aliphatic hydroxyl groups is 2. The maximum atomic E-state index is 9.64. The normalized spacial score (nSPS) is 25.2. The molecule has 2 N–H and O–H groups in total. The van der Waals surface area contributed by atoms with Crippen LogP contribution in [0.2, 0.25) is 0 Å². The fourth-order valence-corrected chi connectivity index (χ4v) is 1.61. The van der Waals surface area contributed by atoms with Gasteiger partial charge in [-0.25, -0.2) is 0 Å². The quantitative estimate of drug-likeness (QED) is 0.656. The molecule has 12 heavy (non-hydrogen) atoms. The number of ether oxygens (including phenoxy) is 1. The Kier molecular flexibility index (Phi) is 3.98. The molecule has 1 aliphatic heterocycles. The lowest BCUT2D eigenvalue weighted by molar-refractivity contribution is -0.0538. The fourth-order valence-electron chi connectivity index (χ4n) is 1.61. The van der Waals surface area contributed by atoms with Gasteiger partial charge >= 0.3 is 0 Å². The molecule has 1 saturated heterocycles. The average Bonchev–Trinajstić information content (AvgIpc) is 2.17. The van der Waals surface area contributed by atoms with Crippen LogP contribution in [0.1, 0.15) is 26.2 Å². The van der Waals surface area contributed by atoms with Gasteiger partial charge in [0.05, 0.1) is 12.2 Å². The molecule has 0 aromatic carbocycles. The van der Waals surface area contributed by atoms with E-state index in [0.29, 0.717) is 6.42 Å². The van der Waals surface area contributed by atoms with E-state index in [4.69, 9.17) is 4.74 Å². The second-order valence-electron chi connectivity index (χ2n) is 3.42. The molecular weight excluding hydrogens is 156 g/mol. The zero-order valence-corrected chi connectivity index (χ0v) is 7.57. The van der Waals surface area contributed by atoms with Crippen LogP contribution in [0.3, 0.4) is 0 Å². The Morgan fingerprint density at radius 1 is 1.33 bits per heavy atom. The minimum absolute atomic E-state index is 0.230. The predicted molar refractivity (Wildman–Crippen MR) is 45.8 cm³/mol. The molecule has 1 fully saturated rings. The average molecular weight is 174 g/mol. The van der Waals surface area contributed by atoms with Gasteiger partial charge in [-0.2, -0.15) is 0 Å². The van der Waals surface area contributed by atoms with E-state index in [1.807, 2.05) is 6.92 Å². The van der Waals surface area contributed by atoms with Crippen LogP contribution in [0, 0.1) is 5.92 Å². The van der Waals surface area contributed by atoms with Gasteiger partial charge in [-0.15, -0.1) is 0 Å². The number of hydrogen-bond donors (Lipinski definition) is 2. The van der Waals surface area contributed by atoms with Gasteiger partial charge in [0.25, 0.3) is 0 Å². The van der Waals surface area contributed by atoms with E-state index in [2.05, 4.69) is 0 Å². The molecule has 0 aliphatic carbocycles. The zero-order chi connectivity index (χ0) is 8.97. The van der Waals surface area contributed by atoms with Crippen LogP contribution in [-0.4, -0.2) is 35.6 Å². The molecule has 0 spiro atoms. The van der Waals surface area contributed by atoms with E-state index < -0.39 is 12.2 Å². The lowest BCUT2D eigenvalue weighted by Gasteiger charge is -2.29. The number of aliphatic hydroxyl groups excluding tert-OH is 2. The van der Waals surface area contributed by atoms with Gasteiger partial charge in [0.1, 0.15) is 0 Å². The molecule has 0 bridgehead atoms. The highest BCUT2D eigenvalue weighted by atomic mass is 16.5. The largest absolute Gasteiger partial charge is 0.390 e. The predicted octanol–water partition coefficient (Wildman–Crippen LogP) is 0.545. The molecule has 72 valence electrons. The van der Waals surface area contributed by atoms with Crippen LogP contribution in [0.25, 0.3) is 0 Å². The van der Waals surface area contributed by atoms with E-state index >= 15 is 0 Å². The van der Waals surface area contributed by atoms with E-state index in [1.165, 1.54) is 0 Å². The van der Waals surface area contributed by atoms with Crippen LogP contribution in [-0.2, 0) is 4.74 Å². The minimum atomic E-state index is -0.562. The Labute approximate surface area is 73.4 Å². The summed E-state index contributed by atoms with van der Waals surface area (Å²) in [6, 6.07) is 0. The molecule has 2 atom stereocenters. The van der Waals surface area contributed by atoms with Crippen molar-refractivity contribution >= 4 is 0 Å². The molecule has 1 aliphatic rings. The molecule has 1 rings (SSSR count). The van der Waals surface area contributed by atoms with Crippen molar-refractivity contribution in [2.24, 2.45) is 5.92 Å². The standard InChI is InChI=1S/C9H18O3/c1-2-8(10)9(11)7-3-5-12-6-4-7/h7-11H,2-6H2,1H3. The van der Waals surface area contributed by atoms with Crippen molar-refractivity contribution < 1.29 is 14.9 Å². The summed E-state index contributed by atoms with van der Waals surface area (Å²) in [5.41, 5.74) is 0. The van der Waals surface area contributed by atoms with Crippen molar-refractivity contribution in [2.45, 2.75) is 38.4 Å². The van der Waals surface area contributed by atoms with Gasteiger partial charge in [0, 0.05) is 13.2 Å². The van der Waals surface area contributed by atoms with Crippen LogP contribution in [0.4, 0.5) is 0 Å². The van der Waals surface area contributed by atoms with Crippen molar-refractivity contribution in [1.82, 2.24) is 0 Å². The highest BCUT2D eigenvalue weighted by Crippen LogP contribution is 2.21. The van der Waals surface area contributed by atoms with Crippen LogP contribution in [0.15, 0.2) is 0 Å². The summed E-state index contributed by atoms with van der Waals surface area (Å²) in [6.45, 7) is 3.32. The smallest absolute Gasteiger partial charge is 0.0828 e. The SMILES string of the molecule is CCC(O)C(O)C1CCOCC1. The first-order valence-electron chi connectivity index (χ1n) is 4.69. The molecule has 0 radical (unpaired) electrons. The summed E-state index contributed by atoms with van der Waals surface area (Å²) in [6.07, 6.45) is 1.25. The molecule has 0 aromatic rings. The molecule has 0 aromatic heterocycles. The summed E-state index contributed by atoms with van der Waals surface area (Å²) in [5, 5.41) is 19.0. The van der Waals surface area contributed by atoms with Gasteiger partial charge in [-0.3, -0.25) is 0 Å². The van der Waals surface area contributed by atoms with Crippen molar-refractivity contribution in [1.29, 1.82) is 0 Å². The lowest BCUT2D eigenvalue weighted by Crippen LogP contribution is -2.36. The van der Waals surface area contributed by atoms with E-state index in [0.717, 1.165) is 26.1 Å². The second-order valence-corrected chi connectivity index (χ2v) is 3.42. The summed E-state index contributed by atoms with van der Waals surface area (Å²) >= 11 is 0. The van der Waals surface area contributed by atoms with Gasteiger partial charge in [0.2, 0.25) is 0 Å². The third-order valence-corrected chi connectivity index (χ3v) is 2.56. The fraction of sp³-hybridized carbons (Fsp3) is 1.00. The van der Waals surface area contributed by atoms with E-state index in [-0.39, 0.29) is 5.92 Å². The van der Waals surface area contributed by atoms with Crippen LogP contribution < -0.4 is 0 Å². The molecule has 0 saturated carbocycles. The van der Waals surface area contributed by atoms with Crippen LogP contribution in [0.5, 0.6) is 0 Å². The summed E-state index contributed by atoms with van der Waals surface area (Å²) in [4.78, 5) is 0. The van der Waals surface area contributed by atoms with Gasteiger partial charge < -0.3 is 14.9 Å². The first-order chi connectivity index (χ1) is 5.75. The number of rotatable bonds is 3. The first-order valence-corrected chi connectivity index (χ1v) is 4.69. The molecule has 2 unspecified atom stereocenters. The molecular formula is C9H18O3. The van der Waals surface area contributed by atoms with Gasteiger partial charge in [-0.1, -0.05) is 6.92 Å². The third-order valence-electron chi connectivity index (χ3n) is 2.56. The Morgan fingerprint density at radius 3 is 2.42 bits per heavy atom. The topological polar surface area (TPSA) is 49.7 Å². The molecule has 3 heteroatoms. The minimum Gasteiger partial charge on any atom is -0.390 e. The maximum Gasteiger partial charge on any atom is 0.0828 e. The van der Waals surface area contributed by atoms with Crippen LogP contribution >= 0.6 is 0 Å². The first kappa shape index (κ1) is 9.96. The van der Waals surface area contributed by atoms with E-state index in [1.54, 1.807) is 0 Å². The van der Waals surface area contributed by atoms with Crippen molar-refractivity contribution in [3.8, 4) is 0 Å². The Balaban J connectivity index is 2.33. The second kappa shape index (κ2) is 4.80. The Hall–Kier alpha value is -0.120. The van der Waals surface area contributed by atoms with Gasteiger partial charge in [-0.05, 0) is 25.2 Å². The van der Waals surface area contributed by atoms with Gasteiger partial charge in [0.15, 0.2) is 0 Å². The Morgan fingerprint density at radius 2 is 1.92 bits per heavy atom. The monoisotopic (exact) mass is 174 g/mol. The molecule has 1 heterocycles. The number of hydrogen-bond acceptors (Lipinski definition) is 3. The lowest BCUT2D eigenvalue weighted by atomic mass is 9.90. The Bertz CT molecular complexity index is 121. The zero-order valence-electron chi connectivity index (χ0n) is 7.57. The summed E-state index contributed by atoms with van der Waals surface area (Å²) in [5.74, 6) is 0.230. The molecule has 0 amide bonds.